The highest BCUT2D eigenvalue weighted by molar-refractivity contribution is 5.15. The van der Waals surface area contributed by atoms with Crippen LogP contribution in [-0.2, 0) is 0 Å². The SMILES string of the molecule is CC(O)C1CC2CC1C1C2C2CC1C(C)(CO)C2. The molecule has 2 heteroatoms. The molecule has 9 atom stereocenters. The van der Waals surface area contributed by atoms with Crippen molar-refractivity contribution in [2.45, 2.75) is 45.6 Å². The maximum Gasteiger partial charge on any atom is 0.0543 e. The Balaban J connectivity index is 1.65. The van der Waals surface area contributed by atoms with Gasteiger partial charge in [0, 0.05) is 6.61 Å². The average Bonchev–Trinajstić information content (AvgIpc) is 3.03. The summed E-state index contributed by atoms with van der Waals surface area (Å²) in [5, 5.41) is 19.8. The van der Waals surface area contributed by atoms with E-state index in [0.717, 1.165) is 35.5 Å². The lowest BCUT2D eigenvalue weighted by atomic mass is 9.59. The summed E-state index contributed by atoms with van der Waals surface area (Å²) in [7, 11) is 0. The molecule has 2 N–H and O–H groups in total. The highest BCUT2D eigenvalue weighted by Gasteiger charge is 2.67. The van der Waals surface area contributed by atoms with E-state index in [1.807, 2.05) is 6.92 Å². The third kappa shape index (κ3) is 1.22. The first-order chi connectivity index (χ1) is 8.55. The van der Waals surface area contributed by atoms with Gasteiger partial charge in [0.1, 0.15) is 0 Å². The third-order valence-electron chi connectivity index (χ3n) is 7.35. The van der Waals surface area contributed by atoms with Gasteiger partial charge in [0.05, 0.1) is 6.10 Å². The van der Waals surface area contributed by atoms with Gasteiger partial charge in [-0.1, -0.05) is 6.92 Å². The summed E-state index contributed by atoms with van der Waals surface area (Å²) in [6.07, 6.45) is 5.16. The molecule has 9 unspecified atom stereocenters. The predicted octanol–water partition coefficient (Wildman–Crippen LogP) is 2.29. The molecule has 0 spiro atoms. The molecule has 0 saturated heterocycles. The predicted molar refractivity (Wildman–Crippen MR) is 69.8 cm³/mol. The largest absolute Gasteiger partial charge is 0.396 e. The molecule has 4 rings (SSSR count). The molecule has 4 bridgehead atoms. The van der Waals surface area contributed by atoms with Crippen LogP contribution in [0.2, 0.25) is 0 Å². The zero-order valence-electron chi connectivity index (χ0n) is 11.5. The van der Waals surface area contributed by atoms with E-state index in [4.69, 9.17) is 0 Å². The summed E-state index contributed by atoms with van der Waals surface area (Å²) in [6.45, 7) is 4.66. The first kappa shape index (κ1) is 11.7. The zero-order valence-corrected chi connectivity index (χ0v) is 11.5. The minimum Gasteiger partial charge on any atom is -0.396 e. The molecule has 0 aromatic carbocycles. The first-order valence-corrected chi connectivity index (χ1v) is 7.84. The Morgan fingerprint density at radius 1 is 1.17 bits per heavy atom. The van der Waals surface area contributed by atoms with Crippen molar-refractivity contribution in [1.29, 1.82) is 0 Å². The van der Waals surface area contributed by atoms with Crippen molar-refractivity contribution in [3.05, 3.63) is 0 Å². The summed E-state index contributed by atoms with van der Waals surface area (Å²) in [4.78, 5) is 0. The smallest absolute Gasteiger partial charge is 0.0543 e. The van der Waals surface area contributed by atoms with Gasteiger partial charge in [-0.05, 0) is 79.4 Å². The summed E-state index contributed by atoms with van der Waals surface area (Å²) in [5.74, 6) is 5.64. The molecule has 18 heavy (non-hydrogen) atoms. The Morgan fingerprint density at radius 3 is 2.61 bits per heavy atom. The van der Waals surface area contributed by atoms with Gasteiger partial charge in [-0.2, -0.15) is 0 Å². The molecule has 4 fully saturated rings. The van der Waals surface area contributed by atoms with Crippen molar-refractivity contribution in [2.75, 3.05) is 6.61 Å². The highest BCUT2D eigenvalue weighted by atomic mass is 16.3. The highest BCUT2D eigenvalue weighted by Crippen LogP contribution is 2.72. The van der Waals surface area contributed by atoms with E-state index in [-0.39, 0.29) is 11.5 Å². The van der Waals surface area contributed by atoms with E-state index in [1.54, 1.807) is 0 Å². The van der Waals surface area contributed by atoms with Crippen molar-refractivity contribution in [1.82, 2.24) is 0 Å². The van der Waals surface area contributed by atoms with Crippen LogP contribution in [0.1, 0.15) is 39.5 Å². The third-order valence-corrected chi connectivity index (χ3v) is 7.35. The van der Waals surface area contributed by atoms with Crippen LogP contribution >= 0.6 is 0 Å². The fourth-order valence-electron chi connectivity index (χ4n) is 6.86. The number of aliphatic hydroxyl groups is 2. The molecular weight excluding hydrogens is 224 g/mol. The van der Waals surface area contributed by atoms with Gasteiger partial charge in [-0.15, -0.1) is 0 Å². The van der Waals surface area contributed by atoms with Crippen LogP contribution in [0, 0.1) is 46.8 Å². The zero-order chi connectivity index (χ0) is 12.7. The number of hydrogen-bond donors (Lipinski definition) is 2. The lowest BCUT2D eigenvalue weighted by molar-refractivity contribution is -0.0297. The second-order valence-corrected chi connectivity index (χ2v) is 8.07. The number of hydrogen-bond acceptors (Lipinski definition) is 2. The maximum absolute atomic E-state index is 10.0. The van der Waals surface area contributed by atoms with Gasteiger partial charge >= 0.3 is 0 Å². The molecule has 0 radical (unpaired) electrons. The molecule has 0 aromatic rings. The number of aliphatic hydroxyl groups excluding tert-OH is 2. The van der Waals surface area contributed by atoms with E-state index in [0.29, 0.717) is 12.5 Å². The Bertz CT molecular complexity index is 366. The normalized spacial score (nSPS) is 62.3. The standard InChI is InChI=1S/C16H26O2/c1-8(18)11-3-9-4-12(11)15-13-5-10(14(9)15)6-16(13,2)7-17/h8-15,17-18H,3-7H2,1-2H3. The van der Waals surface area contributed by atoms with Crippen molar-refractivity contribution in [3.63, 3.8) is 0 Å². The molecule has 0 amide bonds. The van der Waals surface area contributed by atoms with E-state index in [9.17, 15) is 10.2 Å². The summed E-state index contributed by atoms with van der Waals surface area (Å²) < 4.78 is 0. The maximum atomic E-state index is 10.0. The molecule has 0 aromatic heterocycles. The molecule has 2 nitrogen and oxygen atoms in total. The number of rotatable bonds is 2. The topological polar surface area (TPSA) is 40.5 Å². The fraction of sp³-hybridized carbons (Fsp3) is 1.00. The molecule has 4 aliphatic rings. The molecule has 0 aliphatic heterocycles. The Morgan fingerprint density at radius 2 is 1.94 bits per heavy atom. The molecule has 4 saturated carbocycles. The van der Waals surface area contributed by atoms with Gasteiger partial charge in [-0.25, -0.2) is 0 Å². The van der Waals surface area contributed by atoms with Gasteiger partial charge in [0.25, 0.3) is 0 Å². The van der Waals surface area contributed by atoms with Crippen molar-refractivity contribution in [2.24, 2.45) is 46.8 Å². The van der Waals surface area contributed by atoms with E-state index in [1.165, 1.54) is 25.7 Å². The molecule has 0 heterocycles. The lowest BCUT2D eigenvalue weighted by Crippen LogP contribution is -2.43. The Hall–Kier alpha value is -0.0800. The van der Waals surface area contributed by atoms with E-state index < -0.39 is 0 Å². The van der Waals surface area contributed by atoms with Crippen LogP contribution in [0.15, 0.2) is 0 Å². The quantitative estimate of drug-likeness (QED) is 0.738. The van der Waals surface area contributed by atoms with Gasteiger partial charge in [0.2, 0.25) is 0 Å². The van der Waals surface area contributed by atoms with Gasteiger partial charge in [-0.3, -0.25) is 0 Å². The average molecular weight is 250 g/mol. The summed E-state index contributed by atoms with van der Waals surface area (Å²) in [6, 6.07) is 0. The lowest BCUT2D eigenvalue weighted by Gasteiger charge is -2.46. The second-order valence-electron chi connectivity index (χ2n) is 8.07. The molecule has 102 valence electrons. The monoisotopic (exact) mass is 250 g/mol. The first-order valence-electron chi connectivity index (χ1n) is 7.84. The van der Waals surface area contributed by atoms with Gasteiger partial charge < -0.3 is 10.2 Å². The van der Waals surface area contributed by atoms with Crippen molar-refractivity contribution >= 4 is 0 Å². The van der Waals surface area contributed by atoms with Crippen LogP contribution in [0.3, 0.4) is 0 Å². The van der Waals surface area contributed by atoms with Crippen LogP contribution in [0.25, 0.3) is 0 Å². The Kier molecular flexibility index (Phi) is 2.29. The minimum atomic E-state index is -0.125. The molecular formula is C16H26O2. The van der Waals surface area contributed by atoms with Crippen molar-refractivity contribution in [3.8, 4) is 0 Å². The van der Waals surface area contributed by atoms with Crippen LogP contribution in [0.4, 0.5) is 0 Å². The summed E-state index contributed by atoms with van der Waals surface area (Å²) >= 11 is 0. The van der Waals surface area contributed by atoms with E-state index >= 15 is 0 Å². The second kappa shape index (κ2) is 3.52. The fourth-order valence-corrected chi connectivity index (χ4v) is 6.86. The van der Waals surface area contributed by atoms with Crippen LogP contribution < -0.4 is 0 Å². The van der Waals surface area contributed by atoms with E-state index in [2.05, 4.69) is 6.92 Å². The van der Waals surface area contributed by atoms with Crippen LogP contribution in [-0.4, -0.2) is 22.9 Å². The Labute approximate surface area is 110 Å². The minimum absolute atomic E-state index is 0.125. The van der Waals surface area contributed by atoms with Crippen molar-refractivity contribution < 1.29 is 10.2 Å². The number of fused-ring (bicyclic) bond motifs is 9. The molecule has 4 aliphatic carbocycles. The summed E-state index contributed by atoms with van der Waals surface area (Å²) in [5.41, 5.74) is 0.194. The van der Waals surface area contributed by atoms with Crippen LogP contribution in [0.5, 0.6) is 0 Å². The van der Waals surface area contributed by atoms with Gasteiger partial charge in [0.15, 0.2) is 0 Å².